The van der Waals surface area contributed by atoms with Gasteiger partial charge in [-0.05, 0) is 43.5 Å². The van der Waals surface area contributed by atoms with Crippen LogP contribution in [0.2, 0.25) is 5.02 Å². The Morgan fingerprint density at radius 2 is 1.92 bits per heavy atom. The summed E-state index contributed by atoms with van der Waals surface area (Å²) in [4.78, 5) is 44.5. The molecular formula is C28H34BrClN2O6. The van der Waals surface area contributed by atoms with E-state index in [4.69, 9.17) is 26.2 Å². The molecule has 3 fully saturated rings. The lowest BCUT2D eigenvalue weighted by molar-refractivity contribution is -0.153. The third kappa shape index (κ3) is 5.18. The molecule has 3 aliphatic heterocycles. The van der Waals surface area contributed by atoms with Crippen molar-refractivity contribution in [3.05, 3.63) is 54.6 Å². The van der Waals surface area contributed by atoms with E-state index in [1.165, 1.54) is 6.08 Å². The predicted molar refractivity (Wildman–Crippen MR) is 148 cm³/mol. The largest absolute Gasteiger partial charge is 0.461 e. The molecule has 3 aliphatic rings. The number of carbonyl (C=O) groups excluding carboxylic acids is 3. The van der Waals surface area contributed by atoms with Crippen molar-refractivity contribution in [2.24, 2.45) is 11.8 Å². The maximum atomic E-state index is 14.4. The van der Waals surface area contributed by atoms with Crippen LogP contribution in [0, 0.1) is 11.8 Å². The highest BCUT2D eigenvalue weighted by atomic mass is 79.9. The first-order valence-corrected chi connectivity index (χ1v) is 14.3. The van der Waals surface area contributed by atoms with E-state index in [9.17, 15) is 14.4 Å². The van der Waals surface area contributed by atoms with E-state index in [0.717, 1.165) is 12.8 Å². The highest BCUT2D eigenvalue weighted by Crippen LogP contribution is 2.60. The number of fused-ring (bicyclic) bond motifs is 1. The number of anilines is 1. The predicted octanol–water partition coefficient (Wildman–Crippen LogP) is 3.89. The molecule has 206 valence electrons. The first kappa shape index (κ1) is 28.8. The van der Waals surface area contributed by atoms with E-state index in [2.05, 4.69) is 29.1 Å². The Bertz CT molecular complexity index is 1070. The number of ether oxygens (including phenoxy) is 2. The summed E-state index contributed by atoms with van der Waals surface area (Å²) < 4.78 is 11.9. The van der Waals surface area contributed by atoms with Crippen molar-refractivity contribution in [2.45, 2.75) is 54.7 Å². The van der Waals surface area contributed by atoms with E-state index < -0.39 is 35.6 Å². The van der Waals surface area contributed by atoms with Gasteiger partial charge < -0.3 is 24.4 Å². The summed E-state index contributed by atoms with van der Waals surface area (Å²) in [5, 5.41) is 9.66. The number of unbranched alkanes of at least 4 members (excludes halogenated alkanes) is 3. The molecule has 4 rings (SSSR count). The molecule has 2 amide bonds. The minimum atomic E-state index is -1.16. The SMILES string of the molecule is C=CCOC(=O)[C@H]1[C@@H]2OC3(CC2Br)C(C(=O)N(CC=C)c2ccc(Cl)cc2)N(CCCCCCO)C(=O)[C@H]13. The van der Waals surface area contributed by atoms with Gasteiger partial charge in [-0.15, -0.1) is 6.58 Å². The minimum Gasteiger partial charge on any atom is -0.461 e. The van der Waals surface area contributed by atoms with Crippen LogP contribution in [0.25, 0.3) is 0 Å². The van der Waals surface area contributed by atoms with Gasteiger partial charge in [-0.2, -0.15) is 0 Å². The van der Waals surface area contributed by atoms with Gasteiger partial charge in [0, 0.05) is 35.2 Å². The van der Waals surface area contributed by atoms with Gasteiger partial charge in [-0.25, -0.2) is 0 Å². The summed E-state index contributed by atoms with van der Waals surface area (Å²) in [6.45, 7) is 8.14. The van der Waals surface area contributed by atoms with Gasteiger partial charge in [0.25, 0.3) is 5.91 Å². The Morgan fingerprint density at radius 3 is 2.58 bits per heavy atom. The normalized spacial score (nSPS) is 29.3. The van der Waals surface area contributed by atoms with Gasteiger partial charge in [-0.3, -0.25) is 14.4 Å². The Morgan fingerprint density at radius 1 is 1.21 bits per heavy atom. The minimum absolute atomic E-state index is 0.0313. The van der Waals surface area contributed by atoms with Gasteiger partial charge in [0.1, 0.15) is 18.2 Å². The highest BCUT2D eigenvalue weighted by molar-refractivity contribution is 9.09. The number of aliphatic hydroxyl groups excluding tert-OH is 1. The Balaban J connectivity index is 1.72. The quantitative estimate of drug-likeness (QED) is 0.158. The second-order valence-corrected chi connectivity index (χ2v) is 11.6. The fourth-order valence-corrected chi connectivity index (χ4v) is 7.19. The smallest absolute Gasteiger partial charge is 0.312 e. The number of amides is 2. The molecule has 1 aromatic rings. The molecule has 2 bridgehead atoms. The lowest BCUT2D eigenvalue weighted by atomic mass is 9.70. The summed E-state index contributed by atoms with van der Waals surface area (Å²) in [6, 6.07) is 6.00. The van der Waals surface area contributed by atoms with Crippen molar-refractivity contribution < 1.29 is 29.0 Å². The maximum Gasteiger partial charge on any atom is 0.312 e. The summed E-state index contributed by atoms with van der Waals surface area (Å²) in [6.07, 6.45) is 5.91. The molecule has 0 aromatic heterocycles. The average Bonchev–Trinajstić information content (AvgIpc) is 3.49. The molecule has 6 atom stereocenters. The van der Waals surface area contributed by atoms with Crippen LogP contribution >= 0.6 is 27.5 Å². The van der Waals surface area contributed by atoms with Gasteiger partial charge >= 0.3 is 5.97 Å². The molecule has 0 radical (unpaired) electrons. The van der Waals surface area contributed by atoms with E-state index in [1.807, 2.05) is 0 Å². The van der Waals surface area contributed by atoms with Crippen molar-refractivity contribution in [1.29, 1.82) is 0 Å². The molecule has 1 spiro atoms. The second-order valence-electron chi connectivity index (χ2n) is 9.97. The number of aliphatic hydroxyl groups is 1. The zero-order chi connectivity index (χ0) is 27.4. The molecule has 3 unspecified atom stereocenters. The first-order chi connectivity index (χ1) is 18.3. The monoisotopic (exact) mass is 608 g/mol. The number of alkyl halides is 1. The van der Waals surface area contributed by atoms with E-state index in [1.54, 1.807) is 40.1 Å². The van der Waals surface area contributed by atoms with Crippen LogP contribution < -0.4 is 4.90 Å². The van der Waals surface area contributed by atoms with Crippen molar-refractivity contribution in [1.82, 2.24) is 4.90 Å². The van der Waals surface area contributed by atoms with Crippen molar-refractivity contribution in [2.75, 3.05) is 31.2 Å². The van der Waals surface area contributed by atoms with Crippen molar-refractivity contribution in [3.63, 3.8) is 0 Å². The second kappa shape index (κ2) is 12.3. The van der Waals surface area contributed by atoms with E-state index in [-0.39, 0.29) is 36.4 Å². The van der Waals surface area contributed by atoms with Crippen LogP contribution in [0.5, 0.6) is 0 Å². The lowest BCUT2D eigenvalue weighted by Gasteiger charge is -2.37. The molecule has 3 heterocycles. The van der Waals surface area contributed by atoms with Crippen LogP contribution in [-0.2, 0) is 23.9 Å². The van der Waals surface area contributed by atoms with Crippen LogP contribution in [0.4, 0.5) is 5.69 Å². The zero-order valence-electron chi connectivity index (χ0n) is 21.3. The molecule has 8 nitrogen and oxygen atoms in total. The number of benzene rings is 1. The van der Waals surface area contributed by atoms with Crippen LogP contribution in [-0.4, -0.2) is 76.7 Å². The van der Waals surface area contributed by atoms with E-state index in [0.29, 0.717) is 36.5 Å². The number of halogens is 2. The average molecular weight is 610 g/mol. The Labute approximate surface area is 236 Å². The standard InChI is InChI=1S/C28H34BrClN2O6/c1-3-13-31(19-11-9-18(30)10-12-19)26(35)24-28-17-20(29)23(38-28)21(27(36)37-16-4-2)22(28)25(34)32(24)14-7-5-6-8-15-33/h3-4,9-12,20-24,33H,1-2,5-8,13-17H2/t20?,21-,22+,23-,24?,28?/m1/s1. The number of nitrogens with zero attached hydrogens (tertiary/aromatic N) is 2. The third-order valence-corrected chi connectivity index (χ3v) is 8.76. The number of esters is 1. The van der Waals surface area contributed by atoms with Gasteiger partial charge in [0.05, 0.1) is 17.9 Å². The number of hydrogen-bond acceptors (Lipinski definition) is 6. The maximum absolute atomic E-state index is 14.4. The molecular weight excluding hydrogens is 576 g/mol. The molecule has 10 heteroatoms. The van der Waals surface area contributed by atoms with Gasteiger partial charge in [0.15, 0.2) is 0 Å². The van der Waals surface area contributed by atoms with Gasteiger partial charge in [0.2, 0.25) is 5.91 Å². The molecule has 1 aromatic carbocycles. The van der Waals surface area contributed by atoms with Crippen molar-refractivity contribution in [3.8, 4) is 0 Å². The number of carbonyl (C=O) groups is 3. The summed E-state index contributed by atoms with van der Waals surface area (Å²) >= 11 is 9.75. The van der Waals surface area contributed by atoms with Crippen LogP contribution in [0.15, 0.2) is 49.6 Å². The number of likely N-dealkylation sites (tertiary alicyclic amines) is 1. The fraction of sp³-hybridized carbons (Fsp3) is 0.536. The van der Waals surface area contributed by atoms with Gasteiger partial charge in [-0.1, -0.05) is 59.1 Å². The first-order valence-electron chi connectivity index (χ1n) is 13.0. The number of hydrogen-bond donors (Lipinski definition) is 1. The zero-order valence-corrected chi connectivity index (χ0v) is 23.6. The molecule has 0 saturated carbocycles. The third-order valence-electron chi connectivity index (χ3n) is 7.66. The van der Waals surface area contributed by atoms with E-state index >= 15 is 0 Å². The molecule has 0 aliphatic carbocycles. The number of rotatable bonds is 13. The van der Waals surface area contributed by atoms with Crippen LogP contribution in [0.1, 0.15) is 32.1 Å². The molecule has 3 saturated heterocycles. The van der Waals surface area contributed by atoms with Crippen molar-refractivity contribution >= 4 is 51.0 Å². The fourth-order valence-electron chi connectivity index (χ4n) is 6.12. The summed E-state index contributed by atoms with van der Waals surface area (Å²) in [5.74, 6) is -2.71. The Kier molecular flexibility index (Phi) is 9.34. The molecule has 38 heavy (non-hydrogen) atoms. The van der Waals surface area contributed by atoms with Crippen LogP contribution in [0.3, 0.4) is 0 Å². The summed E-state index contributed by atoms with van der Waals surface area (Å²) in [7, 11) is 0. The topological polar surface area (TPSA) is 96.4 Å². The Hall–Kier alpha value is -2.20. The highest BCUT2D eigenvalue weighted by Gasteiger charge is 2.77. The molecule has 1 N–H and O–H groups in total. The summed E-state index contributed by atoms with van der Waals surface area (Å²) in [5.41, 5.74) is -0.540. The lowest BCUT2D eigenvalue weighted by Crippen LogP contribution is -2.57.